The van der Waals surface area contributed by atoms with Gasteiger partial charge < -0.3 is 23.0 Å². The summed E-state index contributed by atoms with van der Waals surface area (Å²) in [6.45, 7) is 36.7. The first-order valence-electron chi connectivity index (χ1n) is 36.4. The highest BCUT2D eigenvalue weighted by molar-refractivity contribution is 7.43. The van der Waals surface area contributed by atoms with Gasteiger partial charge in [0, 0.05) is 29.2 Å². The molecule has 502 valence electrons. The lowest BCUT2D eigenvalue weighted by molar-refractivity contribution is -0.132. The van der Waals surface area contributed by atoms with Crippen molar-refractivity contribution in [2.75, 3.05) is 13.2 Å². The molecule has 0 unspecified atom stereocenters. The molecule has 0 N–H and O–H groups in total. The number of carbonyl (C=O) groups excluding carboxylic acids is 3. The normalized spacial score (nSPS) is 12.3. The van der Waals surface area contributed by atoms with Gasteiger partial charge in [0.05, 0.1) is 24.3 Å². The summed E-state index contributed by atoms with van der Waals surface area (Å²) in [6, 6.07) is 4.29. The van der Waals surface area contributed by atoms with Gasteiger partial charge in [0.1, 0.15) is 11.5 Å². The highest BCUT2D eigenvalue weighted by Crippen LogP contribution is 2.54. The largest absolute Gasteiger partial charge is 0.532 e. The molecule has 0 amide bonds. The number of esters is 2. The summed E-state index contributed by atoms with van der Waals surface area (Å²) in [7, 11) is -2.53. The van der Waals surface area contributed by atoms with Crippen LogP contribution < -0.4 is 9.05 Å². The molecule has 0 radical (unpaired) electrons. The zero-order valence-electron chi connectivity index (χ0n) is 60.1. The molecule has 2 aromatic carbocycles. The van der Waals surface area contributed by atoms with Gasteiger partial charge in [-0.25, -0.2) is 9.59 Å². The monoisotopic (exact) mass is 1230 g/mol. The average Bonchev–Trinajstić information content (AvgIpc) is 0.791. The number of benzene rings is 2. The summed E-state index contributed by atoms with van der Waals surface area (Å²) in [4.78, 5) is 43.3. The molecule has 9 heteroatoms. The first-order valence-corrected chi connectivity index (χ1v) is 37.5. The predicted molar refractivity (Wildman–Crippen MR) is 374 cm³/mol. The van der Waals surface area contributed by atoms with Gasteiger partial charge in [-0.2, -0.15) is 0 Å². The smallest absolute Gasteiger partial charge is 0.462 e. The second-order valence-corrected chi connectivity index (χ2v) is 31.1. The highest BCUT2D eigenvalue weighted by atomic mass is 31.2. The molecule has 0 aliphatic heterocycles. The molecule has 0 saturated heterocycles. The molecule has 0 spiro atoms. The van der Waals surface area contributed by atoms with E-state index in [1.807, 2.05) is 0 Å². The van der Waals surface area contributed by atoms with Crippen molar-refractivity contribution in [3.8, 4) is 11.5 Å². The Morgan fingerprint density at radius 3 is 0.816 bits per heavy atom. The molecular weight excluding hydrogens is 1100 g/mol. The Balaban J connectivity index is 2.53. The van der Waals surface area contributed by atoms with E-state index in [0.29, 0.717) is 48.7 Å². The van der Waals surface area contributed by atoms with E-state index in [-0.39, 0.29) is 11.9 Å². The van der Waals surface area contributed by atoms with Gasteiger partial charge in [-0.1, -0.05) is 341 Å². The van der Waals surface area contributed by atoms with E-state index in [9.17, 15) is 14.4 Å². The molecule has 2 rings (SSSR count). The Bertz CT molecular complexity index is 2040. The number of carbonyl (C=O) groups is 3. The maximum Gasteiger partial charge on any atom is 0.532 e. The topological polar surface area (TPSA) is 97.4 Å². The molecule has 0 heterocycles. The van der Waals surface area contributed by atoms with Gasteiger partial charge in [-0.05, 0) is 71.3 Å². The minimum atomic E-state index is -2.53. The molecule has 0 fully saturated rings. The van der Waals surface area contributed by atoms with E-state index in [2.05, 4.69) is 123 Å². The fraction of sp³-hybridized carbons (Fsp3) is 0.808. The molecule has 0 atom stereocenters. The number of hydrogen-bond donors (Lipinski definition) is 0. The third kappa shape index (κ3) is 32.6. The molecule has 0 bridgehead atoms. The Labute approximate surface area is 538 Å². The minimum absolute atomic E-state index is 0.345. The van der Waals surface area contributed by atoms with Crippen molar-refractivity contribution in [3.05, 3.63) is 56.6 Å². The Kier molecular flexibility index (Phi) is 40.8. The second kappa shape index (κ2) is 44.4. The lowest BCUT2D eigenvalue weighted by Crippen LogP contribution is -2.27. The average molecular weight is 1230 g/mol. The van der Waals surface area contributed by atoms with Crippen LogP contribution >= 0.6 is 8.60 Å². The van der Waals surface area contributed by atoms with Gasteiger partial charge in [-0.3, -0.25) is 4.79 Å². The molecule has 87 heavy (non-hydrogen) atoms. The number of hydrogen-bond acceptors (Lipinski definition) is 8. The van der Waals surface area contributed by atoms with E-state index in [1.165, 1.54) is 174 Å². The summed E-state index contributed by atoms with van der Waals surface area (Å²) in [6.07, 6.45) is 48.4. The van der Waals surface area contributed by atoms with Crippen LogP contribution in [-0.4, -0.2) is 31.1 Å². The van der Waals surface area contributed by atoms with Crippen molar-refractivity contribution in [2.45, 2.75) is 396 Å². The summed E-state index contributed by atoms with van der Waals surface area (Å²) >= 11 is 0. The van der Waals surface area contributed by atoms with Crippen molar-refractivity contribution in [1.29, 1.82) is 0 Å². The molecule has 0 saturated carbocycles. The van der Waals surface area contributed by atoms with Gasteiger partial charge in [0.2, 0.25) is 0 Å². The zero-order valence-corrected chi connectivity index (χ0v) is 61.0. The highest BCUT2D eigenvalue weighted by Gasteiger charge is 2.41. The van der Waals surface area contributed by atoms with Gasteiger partial charge >= 0.3 is 26.5 Å². The molecule has 0 aliphatic rings. The Hall–Kier alpha value is -3.12. The molecular formula is C78H137O8P. The minimum Gasteiger partial charge on any atom is -0.462 e. The second-order valence-electron chi connectivity index (χ2n) is 30.1. The first-order chi connectivity index (χ1) is 41.3. The van der Waals surface area contributed by atoms with Crippen LogP contribution in [0.1, 0.15) is 416 Å². The lowest BCUT2D eigenvalue weighted by Gasteiger charge is -2.35. The van der Waals surface area contributed by atoms with Crippen LogP contribution in [0.15, 0.2) is 12.1 Å². The van der Waals surface area contributed by atoms with Crippen LogP contribution in [-0.2, 0) is 53.3 Å². The zero-order chi connectivity index (χ0) is 64.7. The first kappa shape index (κ1) is 80.0. The van der Waals surface area contributed by atoms with Crippen LogP contribution in [0.5, 0.6) is 11.5 Å². The predicted octanol–water partition coefficient (Wildman–Crippen LogP) is 25.4. The molecule has 0 aromatic heterocycles. The van der Waals surface area contributed by atoms with Crippen molar-refractivity contribution in [1.82, 2.24) is 0 Å². The van der Waals surface area contributed by atoms with Gasteiger partial charge in [0.15, 0.2) is 0 Å². The summed E-state index contributed by atoms with van der Waals surface area (Å²) in [5.41, 5.74) is 4.05. The number of ether oxygens (including phenoxy) is 2. The van der Waals surface area contributed by atoms with E-state index >= 15 is 0 Å². The third-order valence-corrected chi connectivity index (χ3v) is 18.4. The molecule has 2 aromatic rings. The van der Waals surface area contributed by atoms with Crippen molar-refractivity contribution in [3.63, 3.8) is 0 Å². The fourth-order valence-electron chi connectivity index (χ4n) is 12.3. The molecule has 0 aliphatic carbocycles. The summed E-state index contributed by atoms with van der Waals surface area (Å²) in [5, 5.41) is 0. The van der Waals surface area contributed by atoms with Crippen LogP contribution in [0.4, 0.5) is 0 Å². The number of unbranched alkanes of at least 4 members (excludes halogenated alkanes) is 34. The van der Waals surface area contributed by atoms with Crippen LogP contribution in [0.2, 0.25) is 0 Å². The Morgan fingerprint density at radius 2 is 0.586 bits per heavy atom. The van der Waals surface area contributed by atoms with E-state index in [0.717, 1.165) is 110 Å². The van der Waals surface area contributed by atoms with Crippen molar-refractivity contribution in [2.24, 2.45) is 0 Å². The fourth-order valence-corrected chi connectivity index (χ4v) is 13.3. The standard InChI is InChI=1S/C78H137O8P/c1-18-22-26-28-30-32-34-36-38-40-42-44-46-48-50-54-58-82-73(80)67-63(56-52-24-20-3)60-65(75(6,7)8)71(69(67)77(12,13)14)85-87(84-62(5)79)86-72-66(76(9,10)11)61-64(57-53-25-21-4)68(70(72)78(15,16)17)74(81)83-59-55-51-49-47-45-43-41-39-37-35-33-31-29-27-23-19-2/h60-61H,18-59H2,1-17H3. The van der Waals surface area contributed by atoms with Crippen LogP contribution in [0.25, 0.3) is 0 Å². The maximum atomic E-state index is 14.9. The van der Waals surface area contributed by atoms with E-state index < -0.39 is 36.2 Å². The quantitative estimate of drug-likeness (QED) is 0.0367. The van der Waals surface area contributed by atoms with Crippen molar-refractivity contribution < 1.29 is 37.4 Å². The number of rotatable bonds is 49. The SMILES string of the molecule is CCCCCCCCCCCCCCCCCCOC(=O)c1c(CCCCC)cc(C(C)(C)C)c(OP(OC(C)=O)Oc2c(C(C)(C)C)cc(CCCCC)c(C(=O)OCCCCCCCCCCCCCCCCCC)c2C(C)(C)C)c1C(C)(C)C. The maximum absolute atomic E-state index is 14.9. The van der Waals surface area contributed by atoms with Crippen molar-refractivity contribution >= 4 is 26.5 Å². The van der Waals surface area contributed by atoms with Gasteiger partial charge in [-0.15, -0.1) is 0 Å². The number of aryl methyl sites for hydroxylation is 2. The third-order valence-electron chi connectivity index (χ3n) is 17.3. The van der Waals surface area contributed by atoms with E-state index in [1.54, 1.807) is 0 Å². The lowest BCUT2D eigenvalue weighted by atomic mass is 9.75. The van der Waals surface area contributed by atoms with Gasteiger partial charge in [0.25, 0.3) is 0 Å². The molecule has 8 nitrogen and oxygen atoms in total. The Morgan fingerprint density at radius 1 is 0.345 bits per heavy atom. The van der Waals surface area contributed by atoms with Crippen LogP contribution in [0.3, 0.4) is 0 Å². The summed E-state index contributed by atoms with van der Waals surface area (Å²) < 4.78 is 33.3. The van der Waals surface area contributed by atoms with E-state index in [4.69, 9.17) is 23.0 Å². The van der Waals surface area contributed by atoms with Crippen LogP contribution in [0, 0.1) is 0 Å². The summed E-state index contributed by atoms with van der Waals surface area (Å²) in [5.74, 6) is -0.307.